The number of benzene rings is 2. The maximum Gasteiger partial charge on any atom is 0.192 e. The number of ether oxygens (including phenoxy) is 1. The van der Waals surface area contributed by atoms with E-state index in [4.69, 9.17) is 17.0 Å². The van der Waals surface area contributed by atoms with Crippen LogP contribution in [0.3, 0.4) is 0 Å². The summed E-state index contributed by atoms with van der Waals surface area (Å²) >= 11 is 5.27. The van der Waals surface area contributed by atoms with E-state index < -0.39 is 0 Å². The van der Waals surface area contributed by atoms with Crippen molar-refractivity contribution in [3.8, 4) is 11.1 Å². The van der Waals surface area contributed by atoms with Crippen LogP contribution in [0.1, 0.15) is 38.8 Å². The minimum absolute atomic E-state index is 0.559. The highest BCUT2D eigenvalue weighted by molar-refractivity contribution is 7.80. The Balaban J connectivity index is 0.000000461. The Morgan fingerprint density at radius 1 is 0.750 bits per heavy atom. The van der Waals surface area contributed by atoms with E-state index in [1.165, 1.54) is 16.7 Å². The Morgan fingerprint density at radius 2 is 1.25 bits per heavy atom. The second-order valence-electron chi connectivity index (χ2n) is 3.78. The van der Waals surface area contributed by atoms with Gasteiger partial charge in [-0.15, -0.1) is 0 Å². The van der Waals surface area contributed by atoms with Crippen LogP contribution in [0.5, 0.6) is 0 Å². The quantitative estimate of drug-likeness (QED) is 0.582. The predicted molar refractivity (Wildman–Crippen MR) is 91.1 cm³/mol. The Bertz CT molecular complexity index is 561. The van der Waals surface area contributed by atoms with Crippen LogP contribution in [-0.2, 0) is 11.3 Å². The molecule has 2 aromatic carbocycles. The fourth-order valence-corrected chi connectivity index (χ4v) is 2.26. The highest BCUT2D eigenvalue weighted by Gasteiger charge is 2.17. The van der Waals surface area contributed by atoms with Crippen LogP contribution < -0.4 is 0 Å². The summed E-state index contributed by atoms with van der Waals surface area (Å²) in [6, 6.07) is 16.4. The van der Waals surface area contributed by atoms with Gasteiger partial charge in [0, 0.05) is 5.56 Å². The number of hydrogen-bond donors (Lipinski definition) is 0. The highest BCUT2D eigenvalue weighted by atomic mass is 32.1. The molecule has 106 valence electrons. The number of hydrogen-bond acceptors (Lipinski definition) is 2. The minimum atomic E-state index is 0.559. The van der Waals surface area contributed by atoms with Crippen molar-refractivity contribution in [1.82, 2.24) is 0 Å². The molecule has 2 heteroatoms. The average molecular weight is 286 g/mol. The average Bonchev–Trinajstić information content (AvgIpc) is 2.70. The van der Waals surface area contributed by atoms with Crippen molar-refractivity contribution in [2.45, 2.75) is 34.3 Å². The molecule has 0 aromatic heterocycles. The van der Waals surface area contributed by atoms with Crippen molar-refractivity contribution in [3.05, 3.63) is 59.7 Å². The third-order valence-corrected chi connectivity index (χ3v) is 3.15. The molecule has 0 aliphatic carbocycles. The first-order chi connectivity index (χ1) is 9.86. The lowest BCUT2D eigenvalue weighted by Gasteiger charge is -2.06. The largest absolute Gasteiger partial charge is 0.478 e. The second kappa shape index (κ2) is 8.49. The van der Waals surface area contributed by atoms with Crippen LogP contribution in [0.25, 0.3) is 11.1 Å². The van der Waals surface area contributed by atoms with Crippen LogP contribution in [0.2, 0.25) is 0 Å². The Hall–Kier alpha value is -1.67. The standard InChI is InChI=1S/C14H10OS.2C2H6/c16-14-13-8-4-3-7-12(13)11-6-2-1-5-10(11)9-15-14;2*1-2/h1-8H,9H2;2*1-2H3. The van der Waals surface area contributed by atoms with E-state index >= 15 is 0 Å². The normalized spacial score (nSPS) is 11.3. The van der Waals surface area contributed by atoms with E-state index in [1.807, 2.05) is 58.0 Å². The molecule has 0 saturated heterocycles. The third kappa shape index (κ3) is 3.45. The smallest absolute Gasteiger partial charge is 0.192 e. The van der Waals surface area contributed by atoms with Crippen LogP contribution in [0, 0.1) is 0 Å². The van der Waals surface area contributed by atoms with Crippen LogP contribution in [-0.4, -0.2) is 5.05 Å². The molecule has 0 N–H and O–H groups in total. The van der Waals surface area contributed by atoms with E-state index in [-0.39, 0.29) is 0 Å². The molecule has 0 amide bonds. The first kappa shape index (κ1) is 16.4. The van der Waals surface area contributed by atoms with Gasteiger partial charge < -0.3 is 4.74 Å². The minimum Gasteiger partial charge on any atom is -0.478 e. The van der Waals surface area contributed by atoms with Gasteiger partial charge in [-0.25, -0.2) is 0 Å². The highest BCUT2D eigenvalue weighted by Crippen LogP contribution is 2.31. The fraction of sp³-hybridized carbons (Fsp3) is 0.278. The van der Waals surface area contributed by atoms with Crippen molar-refractivity contribution in [2.24, 2.45) is 0 Å². The summed E-state index contributed by atoms with van der Waals surface area (Å²) in [7, 11) is 0. The molecule has 0 spiro atoms. The zero-order valence-electron chi connectivity index (χ0n) is 12.6. The van der Waals surface area contributed by atoms with Gasteiger partial charge in [-0.05, 0) is 35.0 Å². The number of thiocarbonyl (C=S) groups is 1. The summed E-state index contributed by atoms with van der Waals surface area (Å²) in [5.41, 5.74) is 4.59. The molecule has 0 fully saturated rings. The zero-order valence-corrected chi connectivity index (χ0v) is 13.5. The van der Waals surface area contributed by atoms with Gasteiger partial charge in [0.15, 0.2) is 5.05 Å². The first-order valence-corrected chi connectivity index (χ1v) is 7.61. The van der Waals surface area contributed by atoms with E-state index in [9.17, 15) is 0 Å². The van der Waals surface area contributed by atoms with Gasteiger partial charge in [0.1, 0.15) is 6.61 Å². The lowest BCUT2D eigenvalue weighted by molar-refractivity contribution is 0.304. The maximum absolute atomic E-state index is 5.59. The molecule has 1 nitrogen and oxygen atoms in total. The summed E-state index contributed by atoms with van der Waals surface area (Å²) in [5.74, 6) is 0. The molecular weight excluding hydrogens is 264 g/mol. The molecule has 0 unspecified atom stereocenters. The van der Waals surface area contributed by atoms with E-state index in [1.54, 1.807) is 0 Å². The van der Waals surface area contributed by atoms with Gasteiger partial charge in [0.05, 0.1) is 0 Å². The van der Waals surface area contributed by atoms with E-state index in [2.05, 4.69) is 18.2 Å². The second-order valence-corrected chi connectivity index (χ2v) is 4.15. The van der Waals surface area contributed by atoms with Crippen molar-refractivity contribution in [2.75, 3.05) is 0 Å². The lowest BCUT2D eigenvalue weighted by atomic mass is 9.97. The van der Waals surface area contributed by atoms with Crippen LogP contribution in [0.15, 0.2) is 48.5 Å². The van der Waals surface area contributed by atoms with Gasteiger partial charge in [-0.1, -0.05) is 70.2 Å². The SMILES string of the molecule is CC.CC.S=C1OCc2ccccc2-c2ccccc21. The lowest BCUT2D eigenvalue weighted by Crippen LogP contribution is -2.00. The molecule has 1 aliphatic rings. The van der Waals surface area contributed by atoms with Crippen molar-refractivity contribution in [1.29, 1.82) is 0 Å². The summed E-state index contributed by atoms with van der Waals surface area (Å²) in [6.45, 7) is 8.56. The molecule has 20 heavy (non-hydrogen) atoms. The monoisotopic (exact) mass is 286 g/mol. The van der Waals surface area contributed by atoms with Crippen LogP contribution >= 0.6 is 12.2 Å². The molecule has 2 aromatic rings. The number of fused-ring (bicyclic) bond motifs is 3. The van der Waals surface area contributed by atoms with Gasteiger partial charge in [0.25, 0.3) is 0 Å². The summed E-state index contributed by atoms with van der Waals surface area (Å²) in [6.07, 6.45) is 0. The van der Waals surface area contributed by atoms with E-state index in [0.29, 0.717) is 11.7 Å². The van der Waals surface area contributed by atoms with Gasteiger partial charge in [-0.3, -0.25) is 0 Å². The Kier molecular flexibility index (Phi) is 6.96. The zero-order chi connectivity index (χ0) is 15.0. The summed E-state index contributed by atoms with van der Waals surface area (Å²) in [4.78, 5) is 0. The topological polar surface area (TPSA) is 9.23 Å². The molecule has 1 heterocycles. The Labute approximate surface area is 127 Å². The molecule has 3 rings (SSSR count). The molecule has 0 radical (unpaired) electrons. The Morgan fingerprint density at radius 3 is 1.90 bits per heavy atom. The van der Waals surface area contributed by atoms with Gasteiger partial charge >= 0.3 is 0 Å². The van der Waals surface area contributed by atoms with Gasteiger partial charge in [0.2, 0.25) is 0 Å². The third-order valence-electron chi connectivity index (χ3n) is 2.81. The molecule has 1 aliphatic heterocycles. The maximum atomic E-state index is 5.59. The molecular formula is C18H22OS. The molecule has 0 saturated carbocycles. The van der Waals surface area contributed by atoms with Crippen molar-refractivity contribution in [3.63, 3.8) is 0 Å². The van der Waals surface area contributed by atoms with Gasteiger partial charge in [-0.2, -0.15) is 0 Å². The predicted octanol–water partition coefficient (Wildman–Crippen LogP) is 5.61. The summed E-state index contributed by atoms with van der Waals surface area (Å²) < 4.78 is 5.59. The fourth-order valence-electron chi connectivity index (χ4n) is 2.03. The first-order valence-electron chi connectivity index (χ1n) is 7.21. The summed E-state index contributed by atoms with van der Waals surface area (Å²) in [5, 5.41) is 0.590. The van der Waals surface area contributed by atoms with Crippen molar-refractivity contribution < 1.29 is 4.74 Å². The molecule has 0 bridgehead atoms. The number of rotatable bonds is 0. The van der Waals surface area contributed by atoms with Crippen molar-refractivity contribution >= 4 is 17.3 Å². The van der Waals surface area contributed by atoms with E-state index in [0.717, 1.165) is 5.56 Å². The van der Waals surface area contributed by atoms with Crippen LogP contribution in [0.4, 0.5) is 0 Å². The molecule has 0 atom stereocenters.